The molecule has 1 fully saturated rings. The van der Waals surface area contributed by atoms with Gasteiger partial charge in [-0.05, 0) is 43.8 Å². The van der Waals surface area contributed by atoms with E-state index in [-0.39, 0.29) is 36.2 Å². The molecule has 2 unspecified atom stereocenters. The molecule has 0 saturated carbocycles. The Morgan fingerprint density at radius 2 is 2.05 bits per heavy atom. The van der Waals surface area contributed by atoms with E-state index < -0.39 is 30.8 Å². The van der Waals surface area contributed by atoms with Gasteiger partial charge in [0.15, 0.2) is 0 Å². The van der Waals surface area contributed by atoms with Crippen LogP contribution in [0, 0.1) is 0 Å². The van der Waals surface area contributed by atoms with Crippen LogP contribution in [-0.2, 0) is 13.1 Å². The van der Waals surface area contributed by atoms with Gasteiger partial charge in [0, 0.05) is 30.4 Å². The molecule has 2 atom stereocenters. The minimum absolute atomic E-state index is 0.0121. The molecule has 0 bridgehead atoms. The molecular weight excluding hydrogens is 506 g/mol. The Hall–Kier alpha value is -4.00. The fourth-order valence-corrected chi connectivity index (χ4v) is 4.54. The molecule has 4 aromatic rings. The molecule has 9 nitrogen and oxygen atoms in total. The number of benzene rings is 1. The molecule has 3 aromatic heterocycles. The number of nitrogens with one attached hydrogen (secondary N) is 2. The minimum atomic E-state index is -4.52. The second-order valence-electron chi connectivity index (χ2n) is 9.20. The lowest BCUT2D eigenvalue weighted by Gasteiger charge is -2.33. The highest BCUT2D eigenvalue weighted by atomic mass is 19.4. The maximum absolute atomic E-state index is 14.7. The summed E-state index contributed by atoms with van der Waals surface area (Å²) in [6.45, 7) is -0.439. The number of aromatic nitrogens is 4. The lowest BCUT2D eigenvalue weighted by atomic mass is 10.0. The van der Waals surface area contributed by atoms with Gasteiger partial charge in [0.05, 0.1) is 23.8 Å². The predicted molar refractivity (Wildman–Crippen MR) is 131 cm³/mol. The molecule has 1 aliphatic heterocycles. The minimum Gasteiger partial charge on any atom is -0.379 e. The van der Waals surface area contributed by atoms with E-state index in [0.717, 1.165) is 4.57 Å². The van der Waals surface area contributed by atoms with Crippen LogP contribution in [0.2, 0.25) is 0 Å². The smallest absolute Gasteiger partial charge is 0.379 e. The third kappa shape index (κ3) is 5.62. The Labute approximate surface area is 214 Å². The summed E-state index contributed by atoms with van der Waals surface area (Å²) in [6.07, 6.45) is -3.61. The fraction of sp³-hybridized carbons (Fsp3) is 0.360. The maximum atomic E-state index is 14.7. The van der Waals surface area contributed by atoms with Gasteiger partial charge in [-0.25, -0.2) is 4.39 Å². The Morgan fingerprint density at radius 1 is 1.21 bits per heavy atom. The Kier molecular flexibility index (Phi) is 7.02. The summed E-state index contributed by atoms with van der Waals surface area (Å²) in [5.41, 5.74) is 1.09. The highest BCUT2D eigenvalue weighted by Crippen LogP contribution is 2.35. The molecule has 0 spiro atoms. The molecule has 200 valence electrons. The quantitative estimate of drug-likeness (QED) is 0.347. The van der Waals surface area contributed by atoms with Gasteiger partial charge in [-0.3, -0.25) is 9.78 Å². The van der Waals surface area contributed by atoms with Gasteiger partial charge in [0.25, 0.3) is 5.91 Å². The highest BCUT2D eigenvalue weighted by molar-refractivity contribution is 5.96. The van der Waals surface area contributed by atoms with Crippen LogP contribution in [0.1, 0.15) is 22.8 Å². The lowest BCUT2D eigenvalue weighted by Crippen LogP contribution is -2.46. The second kappa shape index (κ2) is 10.4. The maximum Gasteiger partial charge on any atom is 0.406 e. The van der Waals surface area contributed by atoms with Crippen LogP contribution in [0.5, 0.6) is 0 Å². The Balaban J connectivity index is 1.44. The number of carbonyl (C=O) groups excluding carboxylic acids is 1. The van der Waals surface area contributed by atoms with Crippen molar-refractivity contribution in [2.75, 3.05) is 25.5 Å². The summed E-state index contributed by atoms with van der Waals surface area (Å²) in [4.78, 5) is 22.3. The molecular formula is C25H25F4N7O2. The van der Waals surface area contributed by atoms with E-state index in [1.54, 1.807) is 30.3 Å². The first-order chi connectivity index (χ1) is 18.2. The van der Waals surface area contributed by atoms with Crippen LogP contribution < -0.4 is 10.6 Å². The van der Waals surface area contributed by atoms with Crippen molar-refractivity contribution in [2.24, 2.45) is 0 Å². The number of rotatable bonds is 7. The topological polar surface area (TPSA) is 101 Å². The summed E-state index contributed by atoms with van der Waals surface area (Å²) < 4.78 is 61.6. The molecule has 1 amide bonds. The molecule has 1 aromatic carbocycles. The van der Waals surface area contributed by atoms with E-state index >= 15 is 0 Å². The van der Waals surface area contributed by atoms with Crippen LogP contribution in [0.25, 0.3) is 22.4 Å². The van der Waals surface area contributed by atoms with Gasteiger partial charge in [0.1, 0.15) is 18.4 Å². The van der Waals surface area contributed by atoms with Crippen LogP contribution in [-0.4, -0.2) is 69.0 Å². The zero-order chi connectivity index (χ0) is 26.9. The average molecular weight is 532 g/mol. The molecule has 13 heteroatoms. The number of halogens is 4. The fourth-order valence-electron chi connectivity index (χ4n) is 4.54. The molecule has 0 radical (unpaired) electrons. The number of nitrogens with zero attached hydrogens (tertiary/aromatic N) is 5. The predicted octanol–water partition coefficient (Wildman–Crippen LogP) is 4.03. The molecule has 2 N–H and O–H groups in total. The molecule has 5 rings (SSSR count). The summed E-state index contributed by atoms with van der Waals surface area (Å²) in [5, 5.41) is 10.1. The first-order valence-corrected chi connectivity index (χ1v) is 12.0. The summed E-state index contributed by atoms with van der Waals surface area (Å²) >= 11 is 0. The van der Waals surface area contributed by atoms with Gasteiger partial charge in [-0.15, -0.1) is 0 Å². The van der Waals surface area contributed by atoms with Gasteiger partial charge >= 0.3 is 6.18 Å². The standard InChI is InChI=1S/C25H25F4N7O2/c1-35-10-8-18(16(26)13-35)32-17-6-4-7-20-15(17)11-21(36(20)14-25(27,28)29)23-33-22(38-34-23)12-31-24(37)19-5-2-3-9-30-19/h2-7,9,11,16,18,32H,8,10,12-14H2,1H3,(H,31,37). The van der Waals surface area contributed by atoms with E-state index in [0.29, 0.717) is 29.6 Å². The zero-order valence-electron chi connectivity index (χ0n) is 20.4. The van der Waals surface area contributed by atoms with Crippen LogP contribution in [0.15, 0.2) is 53.2 Å². The first-order valence-electron chi connectivity index (χ1n) is 12.0. The molecule has 4 heterocycles. The van der Waals surface area contributed by atoms with Crippen LogP contribution >= 0.6 is 0 Å². The van der Waals surface area contributed by atoms with Gasteiger partial charge in [0.2, 0.25) is 11.7 Å². The van der Waals surface area contributed by atoms with Crippen molar-refractivity contribution in [3.8, 4) is 11.5 Å². The first kappa shape index (κ1) is 25.6. The van der Waals surface area contributed by atoms with Crippen molar-refractivity contribution in [1.82, 2.24) is 29.9 Å². The van der Waals surface area contributed by atoms with Gasteiger partial charge < -0.3 is 24.6 Å². The van der Waals surface area contributed by atoms with Gasteiger partial charge in [-0.1, -0.05) is 17.3 Å². The second-order valence-corrected chi connectivity index (χ2v) is 9.20. The van der Waals surface area contributed by atoms with Crippen molar-refractivity contribution < 1.29 is 26.9 Å². The zero-order valence-corrected chi connectivity index (χ0v) is 20.4. The molecule has 1 aliphatic rings. The number of hydrogen-bond donors (Lipinski definition) is 2. The summed E-state index contributed by atoms with van der Waals surface area (Å²) in [5.74, 6) is -0.522. The van der Waals surface area contributed by atoms with Crippen LogP contribution in [0.4, 0.5) is 23.2 Å². The number of amides is 1. The lowest BCUT2D eigenvalue weighted by molar-refractivity contribution is -0.139. The SMILES string of the molecule is CN1CCC(Nc2cccc3c2cc(-c2noc(CNC(=O)c4ccccn4)n2)n3CC(F)(F)F)C(F)C1. The summed E-state index contributed by atoms with van der Waals surface area (Å²) in [6, 6.07) is 10.8. The van der Waals surface area contributed by atoms with Crippen molar-refractivity contribution in [3.05, 3.63) is 60.2 Å². The van der Waals surface area contributed by atoms with Crippen molar-refractivity contribution in [3.63, 3.8) is 0 Å². The molecule has 1 saturated heterocycles. The number of fused-ring (bicyclic) bond motifs is 1. The number of hydrogen-bond acceptors (Lipinski definition) is 7. The van der Waals surface area contributed by atoms with Crippen LogP contribution in [0.3, 0.4) is 0 Å². The van der Waals surface area contributed by atoms with E-state index in [1.807, 2.05) is 11.9 Å². The number of alkyl halides is 4. The van der Waals surface area contributed by atoms with Crippen molar-refractivity contribution in [2.45, 2.75) is 37.9 Å². The number of anilines is 1. The third-order valence-corrected chi connectivity index (χ3v) is 6.36. The van der Waals surface area contributed by atoms with E-state index in [9.17, 15) is 22.4 Å². The summed E-state index contributed by atoms with van der Waals surface area (Å²) in [7, 11) is 1.84. The largest absolute Gasteiger partial charge is 0.406 e. The molecule has 38 heavy (non-hydrogen) atoms. The van der Waals surface area contributed by atoms with Crippen molar-refractivity contribution in [1.29, 1.82) is 0 Å². The van der Waals surface area contributed by atoms with Crippen molar-refractivity contribution >= 4 is 22.5 Å². The average Bonchev–Trinajstić information content (AvgIpc) is 3.49. The van der Waals surface area contributed by atoms with E-state index in [4.69, 9.17) is 4.52 Å². The molecule has 0 aliphatic carbocycles. The number of carbonyl (C=O) groups is 1. The van der Waals surface area contributed by atoms with Gasteiger partial charge in [-0.2, -0.15) is 18.2 Å². The Bertz CT molecular complexity index is 1420. The number of pyridine rings is 1. The normalized spacial score (nSPS) is 18.6. The third-order valence-electron chi connectivity index (χ3n) is 6.36. The Morgan fingerprint density at radius 3 is 2.79 bits per heavy atom. The highest BCUT2D eigenvalue weighted by Gasteiger charge is 2.32. The van der Waals surface area contributed by atoms with E-state index in [1.165, 1.54) is 18.3 Å². The monoisotopic (exact) mass is 531 g/mol. The van der Waals surface area contributed by atoms with E-state index in [2.05, 4.69) is 25.8 Å². The number of piperidine rings is 1. The number of likely N-dealkylation sites (tertiary alicyclic amines) is 1.